The molecular formula is C17H22N2O. The summed E-state index contributed by atoms with van der Waals surface area (Å²) >= 11 is 0. The number of nitrogens with zero attached hydrogens (tertiary/aromatic N) is 1. The van der Waals surface area contributed by atoms with Gasteiger partial charge < -0.3 is 14.6 Å². The lowest BCUT2D eigenvalue weighted by molar-refractivity contribution is 0.208. The average molecular weight is 270 g/mol. The Kier molecular flexibility index (Phi) is 4.07. The maximum Gasteiger partial charge on any atom is 0.123 e. The monoisotopic (exact) mass is 270 g/mol. The SMILES string of the molecule is CCCNCc1cccn1CC1Cc2ccccc2O1. The van der Waals surface area contributed by atoms with Crippen molar-refractivity contribution in [3.8, 4) is 5.75 Å². The summed E-state index contributed by atoms with van der Waals surface area (Å²) in [5.74, 6) is 1.05. The first-order valence-electron chi connectivity index (χ1n) is 7.46. The molecule has 1 N–H and O–H groups in total. The van der Waals surface area contributed by atoms with E-state index in [4.69, 9.17) is 4.74 Å². The van der Waals surface area contributed by atoms with E-state index < -0.39 is 0 Å². The number of rotatable bonds is 6. The third-order valence-corrected chi connectivity index (χ3v) is 3.77. The summed E-state index contributed by atoms with van der Waals surface area (Å²) in [6.45, 7) is 5.11. The molecule has 3 rings (SSSR count). The molecule has 0 aliphatic carbocycles. The van der Waals surface area contributed by atoms with E-state index in [1.165, 1.54) is 17.7 Å². The van der Waals surface area contributed by atoms with E-state index in [2.05, 4.69) is 53.3 Å². The summed E-state index contributed by atoms with van der Waals surface area (Å²) in [7, 11) is 0. The van der Waals surface area contributed by atoms with Crippen LogP contribution in [0.5, 0.6) is 5.75 Å². The van der Waals surface area contributed by atoms with E-state index >= 15 is 0 Å². The van der Waals surface area contributed by atoms with Crippen molar-refractivity contribution in [1.29, 1.82) is 0 Å². The van der Waals surface area contributed by atoms with Crippen LogP contribution in [-0.2, 0) is 19.5 Å². The molecule has 0 radical (unpaired) electrons. The largest absolute Gasteiger partial charge is 0.488 e. The highest BCUT2D eigenvalue weighted by atomic mass is 16.5. The van der Waals surface area contributed by atoms with Crippen molar-refractivity contribution >= 4 is 0 Å². The fraction of sp³-hybridized carbons (Fsp3) is 0.412. The maximum atomic E-state index is 6.02. The Balaban J connectivity index is 1.61. The first-order valence-corrected chi connectivity index (χ1v) is 7.46. The number of benzene rings is 1. The van der Waals surface area contributed by atoms with Gasteiger partial charge in [-0.25, -0.2) is 0 Å². The van der Waals surface area contributed by atoms with Crippen molar-refractivity contribution in [2.75, 3.05) is 6.54 Å². The molecule has 3 nitrogen and oxygen atoms in total. The Morgan fingerprint density at radius 1 is 1.25 bits per heavy atom. The topological polar surface area (TPSA) is 26.2 Å². The van der Waals surface area contributed by atoms with Crippen molar-refractivity contribution in [1.82, 2.24) is 9.88 Å². The molecule has 3 heteroatoms. The zero-order valence-electron chi connectivity index (χ0n) is 12.0. The summed E-state index contributed by atoms with van der Waals surface area (Å²) in [6, 6.07) is 12.6. The highest BCUT2D eigenvalue weighted by Gasteiger charge is 2.22. The van der Waals surface area contributed by atoms with Gasteiger partial charge in [-0.05, 0) is 36.7 Å². The fourth-order valence-corrected chi connectivity index (χ4v) is 2.76. The third-order valence-electron chi connectivity index (χ3n) is 3.77. The lowest BCUT2D eigenvalue weighted by atomic mass is 10.1. The van der Waals surface area contributed by atoms with Crippen LogP contribution in [0.1, 0.15) is 24.6 Å². The molecule has 1 aromatic carbocycles. The highest BCUT2D eigenvalue weighted by Crippen LogP contribution is 2.28. The molecule has 0 amide bonds. The second kappa shape index (κ2) is 6.14. The number of para-hydroxylation sites is 1. The molecule has 2 aromatic rings. The Bertz CT molecular complexity index is 537. The summed E-state index contributed by atoms with van der Waals surface area (Å²) in [4.78, 5) is 0. The molecule has 0 saturated carbocycles. The van der Waals surface area contributed by atoms with Gasteiger partial charge in [0.25, 0.3) is 0 Å². The van der Waals surface area contributed by atoms with Gasteiger partial charge in [-0.2, -0.15) is 0 Å². The lowest BCUT2D eigenvalue weighted by Crippen LogP contribution is -2.23. The Morgan fingerprint density at radius 3 is 3.00 bits per heavy atom. The lowest BCUT2D eigenvalue weighted by Gasteiger charge is -2.15. The normalized spacial score (nSPS) is 16.9. The first-order chi connectivity index (χ1) is 9.86. The van der Waals surface area contributed by atoms with Crippen molar-refractivity contribution in [2.24, 2.45) is 0 Å². The van der Waals surface area contributed by atoms with Crippen molar-refractivity contribution < 1.29 is 4.74 Å². The minimum Gasteiger partial charge on any atom is -0.488 e. The molecule has 0 saturated heterocycles. The molecule has 2 heterocycles. The Hall–Kier alpha value is -1.74. The summed E-state index contributed by atoms with van der Waals surface area (Å²) < 4.78 is 8.32. The molecule has 0 bridgehead atoms. The van der Waals surface area contributed by atoms with Crippen molar-refractivity contribution in [2.45, 2.75) is 39.0 Å². The number of fused-ring (bicyclic) bond motifs is 1. The molecule has 1 aliphatic rings. The third kappa shape index (κ3) is 2.88. The molecule has 1 aromatic heterocycles. The van der Waals surface area contributed by atoms with E-state index in [0.717, 1.165) is 31.8 Å². The van der Waals surface area contributed by atoms with Gasteiger partial charge in [-0.3, -0.25) is 0 Å². The van der Waals surface area contributed by atoms with E-state index in [1.807, 2.05) is 6.07 Å². The molecule has 106 valence electrons. The van der Waals surface area contributed by atoms with Crippen molar-refractivity contribution in [3.05, 3.63) is 53.9 Å². The minimum atomic E-state index is 0.254. The van der Waals surface area contributed by atoms with E-state index in [-0.39, 0.29) is 6.10 Å². The quantitative estimate of drug-likeness (QED) is 0.817. The van der Waals surface area contributed by atoms with Crippen LogP contribution in [0.4, 0.5) is 0 Å². The predicted molar refractivity (Wildman–Crippen MR) is 81.0 cm³/mol. The molecule has 0 fully saturated rings. The van der Waals surface area contributed by atoms with Gasteiger partial charge >= 0.3 is 0 Å². The molecule has 20 heavy (non-hydrogen) atoms. The summed E-state index contributed by atoms with van der Waals surface area (Å²) in [5.41, 5.74) is 2.66. The summed E-state index contributed by atoms with van der Waals surface area (Å²) in [6.07, 6.45) is 4.58. The van der Waals surface area contributed by atoms with Gasteiger partial charge in [0.05, 0.1) is 6.54 Å². The Morgan fingerprint density at radius 2 is 2.15 bits per heavy atom. The van der Waals surface area contributed by atoms with Crippen LogP contribution in [0.2, 0.25) is 0 Å². The number of hydrogen-bond donors (Lipinski definition) is 1. The highest BCUT2D eigenvalue weighted by molar-refractivity contribution is 5.37. The van der Waals surface area contributed by atoms with Gasteiger partial charge in [-0.15, -0.1) is 0 Å². The zero-order chi connectivity index (χ0) is 13.8. The van der Waals surface area contributed by atoms with Crippen LogP contribution in [0.25, 0.3) is 0 Å². The van der Waals surface area contributed by atoms with Crippen LogP contribution >= 0.6 is 0 Å². The number of hydrogen-bond acceptors (Lipinski definition) is 2. The van der Waals surface area contributed by atoms with Gasteiger partial charge in [0.1, 0.15) is 11.9 Å². The van der Waals surface area contributed by atoms with Crippen LogP contribution in [0.15, 0.2) is 42.6 Å². The van der Waals surface area contributed by atoms with Crippen molar-refractivity contribution in [3.63, 3.8) is 0 Å². The molecule has 1 atom stereocenters. The average Bonchev–Trinajstić information content (AvgIpc) is 3.06. The molecular weight excluding hydrogens is 248 g/mol. The van der Waals surface area contributed by atoms with Gasteiger partial charge in [0.15, 0.2) is 0 Å². The summed E-state index contributed by atoms with van der Waals surface area (Å²) in [5, 5.41) is 3.46. The van der Waals surface area contributed by atoms with Gasteiger partial charge in [0, 0.05) is 24.9 Å². The number of nitrogens with one attached hydrogen (secondary N) is 1. The number of ether oxygens (including phenoxy) is 1. The maximum absolute atomic E-state index is 6.02. The molecule has 1 unspecified atom stereocenters. The molecule has 0 spiro atoms. The fourth-order valence-electron chi connectivity index (χ4n) is 2.76. The second-order valence-corrected chi connectivity index (χ2v) is 5.38. The van der Waals surface area contributed by atoms with E-state index in [9.17, 15) is 0 Å². The van der Waals surface area contributed by atoms with E-state index in [0.29, 0.717) is 0 Å². The van der Waals surface area contributed by atoms with Crippen LogP contribution in [0, 0.1) is 0 Å². The first kappa shape index (κ1) is 13.3. The number of aromatic nitrogens is 1. The van der Waals surface area contributed by atoms with Crippen LogP contribution in [0.3, 0.4) is 0 Å². The molecule has 1 aliphatic heterocycles. The van der Waals surface area contributed by atoms with Gasteiger partial charge in [0.2, 0.25) is 0 Å². The standard InChI is InChI=1S/C17H22N2O/c1-2-9-18-12-15-7-5-10-19(15)13-16-11-14-6-3-4-8-17(14)20-16/h3-8,10,16,18H,2,9,11-13H2,1H3. The van der Waals surface area contributed by atoms with E-state index in [1.54, 1.807) is 0 Å². The van der Waals surface area contributed by atoms with Crippen LogP contribution in [-0.4, -0.2) is 17.2 Å². The Labute approximate surface area is 120 Å². The van der Waals surface area contributed by atoms with Gasteiger partial charge in [-0.1, -0.05) is 25.1 Å². The minimum absolute atomic E-state index is 0.254. The smallest absolute Gasteiger partial charge is 0.123 e. The zero-order valence-corrected chi connectivity index (χ0v) is 12.0. The predicted octanol–water partition coefficient (Wildman–Crippen LogP) is 2.99. The van der Waals surface area contributed by atoms with Crippen LogP contribution < -0.4 is 10.1 Å². The second-order valence-electron chi connectivity index (χ2n) is 5.38.